The number of allylic oxidation sites excluding steroid dienone is 2. The number of hydrogen-bond acceptors (Lipinski definition) is 4. The fourth-order valence-electron chi connectivity index (χ4n) is 6.60. The molecule has 0 aromatic carbocycles. The van der Waals surface area contributed by atoms with Crippen molar-refractivity contribution >= 4 is 17.9 Å². The summed E-state index contributed by atoms with van der Waals surface area (Å²) in [4.78, 5) is 36.6. The Labute approximate surface area is 251 Å². The van der Waals surface area contributed by atoms with Crippen LogP contribution >= 0.6 is 0 Å². The first-order chi connectivity index (χ1) is 19.7. The number of rotatable bonds is 29. The number of carbonyl (C=O) groups excluding carboxylic acids is 1. The first-order valence-corrected chi connectivity index (χ1v) is 16.9. The average molecular weight is 582 g/mol. The fraction of sp³-hybridized carbons (Fsp3) is 0.853. The first-order valence-electron chi connectivity index (χ1n) is 16.9. The molecule has 0 saturated heterocycles. The molecule has 7 nitrogen and oxygen atoms in total. The highest BCUT2D eigenvalue weighted by Crippen LogP contribution is 2.32. The number of carboxylic acids is 3. The molecular formula is C34H63NO6. The third-order valence-corrected chi connectivity index (χ3v) is 8.80. The van der Waals surface area contributed by atoms with E-state index in [9.17, 15) is 29.7 Å². The van der Waals surface area contributed by atoms with Gasteiger partial charge in [0.1, 0.15) is 6.04 Å². The van der Waals surface area contributed by atoms with E-state index in [1.807, 2.05) is 0 Å². The molecule has 0 radical (unpaired) electrons. The Morgan fingerprint density at radius 3 is 1.22 bits per heavy atom. The summed E-state index contributed by atoms with van der Waals surface area (Å²) in [7, 11) is 0. The summed E-state index contributed by atoms with van der Waals surface area (Å²) in [5.41, 5.74) is 0. The molecule has 41 heavy (non-hydrogen) atoms. The normalized spacial score (nSPS) is 15.4. The van der Waals surface area contributed by atoms with E-state index in [1.165, 1.54) is 77.0 Å². The second kappa shape index (κ2) is 24.7. The molecule has 240 valence electrons. The summed E-state index contributed by atoms with van der Waals surface area (Å²) in [5.74, 6) is -3.65. The largest absolute Gasteiger partial charge is 0.544 e. The van der Waals surface area contributed by atoms with Gasteiger partial charge in [-0.1, -0.05) is 117 Å². The highest BCUT2D eigenvalue weighted by Gasteiger charge is 2.53. The van der Waals surface area contributed by atoms with Crippen LogP contribution in [-0.4, -0.2) is 57.3 Å². The maximum atomic E-state index is 12.2. The topological polar surface area (TPSA) is 115 Å². The number of unbranched alkanes of at least 4 members (excludes halogenated alkanes) is 16. The maximum Gasteiger partial charge on any atom is 0.362 e. The average Bonchev–Trinajstić information content (AvgIpc) is 2.92. The van der Waals surface area contributed by atoms with Crippen LogP contribution in [0.5, 0.6) is 0 Å². The van der Waals surface area contributed by atoms with Crippen LogP contribution in [0.15, 0.2) is 12.2 Å². The Morgan fingerprint density at radius 1 is 0.561 bits per heavy atom. The van der Waals surface area contributed by atoms with Gasteiger partial charge >= 0.3 is 11.9 Å². The molecule has 0 aromatic rings. The van der Waals surface area contributed by atoms with Crippen molar-refractivity contribution in [3.8, 4) is 0 Å². The highest BCUT2D eigenvalue weighted by atomic mass is 16.4. The number of carbonyl (C=O) groups is 3. The van der Waals surface area contributed by atoms with Gasteiger partial charge in [0, 0.05) is 19.3 Å². The van der Waals surface area contributed by atoms with Crippen molar-refractivity contribution in [3.05, 3.63) is 12.2 Å². The summed E-state index contributed by atoms with van der Waals surface area (Å²) in [6.07, 6.45) is 26.7. The summed E-state index contributed by atoms with van der Waals surface area (Å²) >= 11 is 0. The van der Waals surface area contributed by atoms with E-state index >= 15 is 0 Å². The van der Waals surface area contributed by atoms with E-state index in [1.54, 1.807) is 20.8 Å². The lowest BCUT2D eigenvalue weighted by molar-refractivity contribution is -0.974. The predicted octanol–water partition coefficient (Wildman–Crippen LogP) is 7.66. The van der Waals surface area contributed by atoms with Gasteiger partial charge in [0.25, 0.3) is 0 Å². The molecule has 0 amide bonds. The van der Waals surface area contributed by atoms with Crippen molar-refractivity contribution < 1.29 is 34.2 Å². The molecule has 0 aromatic heterocycles. The van der Waals surface area contributed by atoms with E-state index in [0.717, 1.165) is 32.1 Å². The molecule has 7 heteroatoms. The van der Waals surface area contributed by atoms with Crippen molar-refractivity contribution in [2.45, 2.75) is 181 Å². The Bertz CT molecular complexity index is 667. The second-order valence-electron chi connectivity index (χ2n) is 11.8. The van der Waals surface area contributed by atoms with Crippen LogP contribution in [0.4, 0.5) is 0 Å². The molecule has 0 aliphatic carbocycles. The van der Waals surface area contributed by atoms with Crippen LogP contribution in [0.2, 0.25) is 0 Å². The number of aliphatic carboxylic acids is 3. The van der Waals surface area contributed by atoms with E-state index in [2.05, 4.69) is 19.1 Å². The Hall–Kier alpha value is -1.89. The molecule has 0 spiro atoms. The fourth-order valence-corrected chi connectivity index (χ4v) is 6.60. The van der Waals surface area contributed by atoms with Crippen molar-refractivity contribution in [1.82, 2.24) is 0 Å². The lowest BCUT2D eigenvalue weighted by Crippen LogP contribution is -2.73. The number of hydrogen-bond donors (Lipinski definition) is 2. The third-order valence-electron chi connectivity index (χ3n) is 8.80. The Kier molecular flexibility index (Phi) is 23.5. The number of carboxylic acid groups (broad SMARTS) is 3. The molecule has 0 aliphatic heterocycles. The lowest BCUT2D eigenvalue weighted by Gasteiger charge is -2.51. The van der Waals surface area contributed by atoms with Gasteiger partial charge in [0.2, 0.25) is 0 Å². The molecule has 0 rings (SSSR count). The number of nitrogens with zero attached hydrogens (tertiary/aromatic N) is 1. The van der Waals surface area contributed by atoms with Gasteiger partial charge in [-0.2, -0.15) is 0 Å². The van der Waals surface area contributed by atoms with Crippen molar-refractivity contribution in [2.75, 3.05) is 6.54 Å². The third kappa shape index (κ3) is 15.2. The Balaban J connectivity index is 4.45. The second-order valence-corrected chi connectivity index (χ2v) is 11.8. The smallest absolute Gasteiger partial charge is 0.362 e. The quantitative estimate of drug-likeness (QED) is 0.0532. The van der Waals surface area contributed by atoms with Gasteiger partial charge < -0.3 is 20.1 Å². The predicted molar refractivity (Wildman–Crippen MR) is 166 cm³/mol. The van der Waals surface area contributed by atoms with Crippen LogP contribution in [0.25, 0.3) is 0 Å². The summed E-state index contributed by atoms with van der Waals surface area (Å²) in [6.45, 7) is 7.53. The van der Waals surface area contributed by atoms with Gasteiger partial charge in [-0.15, -0.1) is 0 Å². The van der Waals surface area contributed by atoms with Gasteiger partial charge in [-0.05, 0) is 38.5 Å². The van der Waals surface area contributed by atoms with Crippen LogP contribution in [0, 0.1) is 0 Å². The highest BCUT2D eigenvalue weighted by molar-refractivity contribution is 5.77. The SMILES string of the molecule is CCCCCCCCCC/C=C/CCCCCCCCCC[N+](C(CC)C(=O)[O-])(C(CC)C(=O)O)C(CC)C(=O)O. The van der Waals surface area contributed by atoms with Gasteiger partial charge in [-0.3, -0.25) is 4.48 Å². The first kappa shape index (κ1) is 39.1. The molecule has 0 saturated carbocycles. The molecule has 3 atom stereocenters. The molecule has 2 N–H and O–H groups in total. The zero-order chi connectivity index (χ0) is 30.9. The minimum Gasteiger partial charge on any atom is -0.544 e. The molecule has 0 heterocycles. The zero-order valence-electron chi connectivity index (χ0n) is 26.9. The maximum absolute atomic E-state index is 12.2. The van der Waals surface area contributed by atoms with Crippen molar-refractivity contribution in [1.29, 1.82) is 0 Å². The zero-order valence-corrected chi connectivity index (χ0v) is 26.9. The van der Waals surface area contributed by atoms with Crippen LogP contribution in [0.1, 0.15) is 163 Å². The molecule has 0 fully saturated rings. The number of quaternary nitrogens is 1. The van der Waals surface area contributed by atoms with Crippen molar-refractivity contribution in [2.24, 2.45) is 0 Å². The molecular weight excluding hydrogens is 518 g/mol. The van der Waals surface area contributed by atoms with E-state index in [0.29, 0.717) is 6.42 Å². The Morgan fingerprint density at radius 2 is 0.902 bits per heavy atom. The van der Waals surface area contributed by atoms with Gasteiger partial charge in [-0.25, -0.2) is 9.59 Å². The standard InChI is InChI=1S/C34H63NO6/c1-5-9-10-11-12-13-14-15-16-17-18-19-20-21-22-23-24-25-26-27-28-35(29(6-2)32(36)37,30(7-3)33(38)39)31(8-4)34(40)41/h17-18,29-31H,5-16,19-28H2,1-4H3,(H2-,36,37,38,39,40,41)/b18-17+. The van der Waals surface area contributed by atoms with Crippen LogP contribution < -0.4 is 5.11 Å². The molecule has 0 bridgehead atoms. The lowest BCUT2D eigenvalue weighted by atomic mass is 9.93. The molecule has 0 aliphatic rings. The summed E-state index contributed by atoms with van der Waals surface area (Å²) in [6, 6.07) is -3.38. The summed E-state index contributed by atoms with van der Waals surface area (Å²) in [5, 5.41) is 32.2. The van der Waals surface area contributed by atoms with Gasteiger partial charge in [0.05, 0.1) is 12.5 Å². The van der Waals surface area contributed by atoms with Crippen molar-refractivity contribution in [3.63, 3.8) is 0 Å². The summed E-state index contributed by atoms with van der Waals surface area (Å²) < 4.78 is -0.469. The minimum absolute atomic E-state index is 0.129. The molecule has 3 unspecified atom stereocenters. The van der Waals surface area contributed by atoms with E-state index < -0.39 is 40.5 Å². The van der Waals surface area contributed by atoms with E-state index in [4.69, 9.17) is 0 Å². The van der Waals surface area contributed by atoms with E-state index in [-0.39, 0.29) is 25.8 Å². The minimum atomic E-state index is -1.37. The monoisotopic (exact) mass is 581 g/mol. The van der Waals surface area contributed by atoms with Crippen LogP contribution in [0.3, 0.4) is 0 Å². The van der Waals surface area contributed by atoms with Gasteiger partial charge in [0.15, 0.2) is 12.1 Å². The van der Waals surface area contributed by atoms with Crippen LogP contribution in [-0.2, 0) is 14.4 Å².